The van der Waals surface area contributed by atoms with Crippen LogP contribution in [-0.2, 0) is 5.60 Å². The van der Waals surface area contributed by atoms with E-state index in [0.717, 1.165) is 12.0 Å². The molecule has 94 valence electrons. The minimum Gasteiger partial charge on any atom is -0.385 e. The molecule has 1 N–H and O–H groups in total. The second kappa shape index (κ2) is 4.81. The van der Waals surface area contributed by atoms with Gasteiger partial charge in [0.2, 0.25) is 0 Å². The average Bonchev–Trinajstić information content (AvgIpc) is 2.13. The highest BCUT2D eigenvalue weighted by Crippen LogP contribution is 2.42. The molecule has 1 unspecified atom stereocenters. The van der Waals surface area contributed by atoms with E-state index in [1.807, 2.05) is 13.0 Å². The summed E-state index contributed by atoms with van der Waals surface area (Å²) < 4.78 is 0. The van der Waals surface area contributed by atoms with Crippen molar-refractivity contribution in [3.63, 3.8) is 0 Å². The molecular formula is C16H24O. The SMILES string of the molecule is CC(C)CC(C)(O)c1ccccc1C1CCC1. The van der Waals surface area contributed by atoms with Crippen LogP contribution in [0.1, 0.15) is 63.5 Å². The maximum atomic E-state index is 10.7. The quantitative estimate of drug-likeness (QED) is 0.824. The third-order valence-electron chi connectivity index (χ3n) is 3.89. The molecule has 17 heavy (non-hydrogen) atoms. The van der Waals surface area contributed by atoms with Gasteiger partial charge in [0, 0.05) is 0 Å². The van der Waals surface area contributed by atoms with E-state index in [9.17, 15) is 5.11 Å². The predicted octanol–water partition coefficient (Wildman–Crippen LogP) is 4.21. The van der Waals surface area contributed by atoms with Gasteiger partial charge in [-0.05, 0) is 49.1 Å². The maximum absolute atomic E-state index is 10.7. The molecule has 0 aliphatic heterocycles. The zero-order chi connectivity index (χ0) is 12.5. The Bertz CT molecular complexity index is 375. The highest BCUT2D eigenvalue weighted by Gasteiger charge is 2.30. The molecule has 0 amide bonds. The first-order chi connectivity index (χ1) is 8.00. The second-order valence-electron chi connectivity index (χ2n) is 6.09. The van der Waals surface area contributed by atoms with Gasteiger partial charge < -0.3 is 5.11 Å². The summed E-state index contributed by atoms with van der Waals surface area (Å²) >= 11 is 0. The highest BCUT2D eigenvalue weighted by atomic mass is 16.3. The Labute approximate surface area is 105 Å². The molecule has 0 heterocycles. The molecule has 1 fully saturated rings. The molecule has 1 atom stereocenters. The predicted molar refractivity (Wildman–Crippen MR) is 72.1 cm³/mol. The summed E-state index contributed by atoms with van der Waals surface area (Å²) in [6, 6.07) is 8.46. The van der Waals surface area contributed by atoms with E-state index in [4.69, 9.17) is 0 Å². The van der Waals surface area contributed by atoms with Crippen molar-refractivity contribution >= 4 is 0 Å². The van der Waals surface area contributed by atoms with Crippen molar-refractivity contribution in [3.8, 4) is 0 Å². The van der Waals surface area contributed by atoms with Gasteiger partial charge in [-0.25, -0.2) is 0 Å². The van der Waals surface area contributed by atoms with Gasteiger partial charge in [-0.15, -0.1) is 0 Å². The Hall–Kier alpha value is -0.820. The molecule has 1 aromatic carbocycles. The summed E-state index contributed by atoms with van der Waals surface area (Å²) in [5.74, 6) is 1.20. The first-order valence-corrected chi connectivity index (χ1v) is 6.82. The highest BCUT2D eigenvalue weighted by molar-refractivity contribution is 5.35. The normalized spacial score (nSPS) is 20.1. The zero-order valence-corrected chi connectivity index (χ0v) is 11.2. The fourth-order valence-electron chi connectivity index (χ4n) is 2.97. The Balaban J connectivity index is 2.30. The molecule has 1 nitrogen and oxygen atoms in total. The lowest BCUT2D eigenvalue weighted by molar-refractivity contribution is 0.0332. The van der Waals surface area contributed by atoms with E-state index in [-0.39, 0.29) is 0 Å². The third-order valence-corrected chi connectivity index (χ3v) is 3.89. The van der Waals surface area contributed by atoms with Crippen LogP contribution in [0, 0.1) is 5.92 Å². The van der Waals surface area contributed by atoms with Crippen LogP contribution < -0.4 is 0 Å². The molecule has 1 aliphatic carbocycles. The zero-order valence-electron chi connectivity index (χ0n) is 11.2. The summed E-state index contributed by atoms with van der Waals surface area (Å²) in [5.41, 5.74) is 1.85. The Kier molecular flexibility index (Phi) is 3.58. The molecule has 1 aliphatic rings. The van der Waals surface area contributed by atoms with Crippen LogP contribution in [0.5, 0.6) is 0 Å². The summed E-state index contributed by atoms with van der Waals surface area (Å²) in [6.45, 7) is 6.30. The van der Waals surface area contributed by atoms with E-state index in [0.29, 0.717) is 11.8 Å². The van der Waals surface area contributed by atoms with Gasteiger partial charge in [-0.2, -0.15) is 0 Å². The van der Waals surface area contributed by atoms with E-state index >= 15 is 0 Å². The lowest BCUT2D eigenvalue weighted by atomic mass is 9.74. The molecule has 0 aromatic heterocycles. The number of benzene rings is 1. The Morgan fingerprint density at radius 3 is 2.47 bits per heavy atom. The van der Waals surface area contributed by atoms with Gasteiger partial charge >= 0.3 is 0 Å². The molecule has 0 saturated heterocycles. The average molecular weight is 232 g/mol. The Morgan fingerprint density at radius 1 is 1.29 bits per heavy atom. The van der Waals surface area contributed by atoms with Crippen molar-refractivity contribution in [3.05, 3.63) is 35.4 Å². The van der Waals surface area contributed by atoms with Gasteiger partial charge in [0.15, 0.2) is 0 Å². The molecular weight excluding hydrogens is 208 g/mol. The van der Waals surface area contributed by atoms with E-state index in [2.05, 4.69) is 32.0 Å². The standard InChI is InChI=1S/C16H24O/c1-12(2)11-16(3,17)15-10-5-4-9-14(15)13-7-6-8-13/h4-5,9-10,12-13,17H,6-8,11H2,1-3H3. The Morgan fingerprint density at radius 2 is 1.94 bits per heavy atom. The number of hydrogen-bond donors (Lipinski definition) is 1. The minimum absolute atomic E-state index is 0.513. The molecule has 0 spiro atoms. The van der Waals surface area contributed by atoms with Gasteiger partial charge in [0.1, 0.15) is 0 Å². The molecule has 1 aromatic rings. The molecule has 0 bridgehead atoms. The van der Waals surface area contributed by atoms with Crippen LogP contribution >= 0.6 is 0 Å². The largest absolute Gasteiger partial charge is 0.385 e. The van der Waals surface area contributed by atoms with Crippen LogP contribution in [0.4, 0.5) is 0 Å². The van der Waals surface area contributed by atoms with Crippen molar-refractivity contribution in [2.24, 2.45) is 5.92 Å². The molecule has 1 heteroatoms. The van der Waals surface area contributed by atoms with Gasteiger partial charge in [0.05, 0.1) is 5.60 Å². The van der Waals surface area contributed by atoms with Crippen molar-refractivity contribution in [2.75, 3.05) is 0 Å². The van der Waals surface area contributed by atoms with Gasteiger partial charge in [0.25, 0.3) is 0 Å². The van der Waals surface area contributed by atoms with Crippen LogP contribution in [-0.4, -0.2) is 5.11 Å². The fraction of sp³-hybridized carbons (Fsp3) is 0.625. The van der Waals surface area contributed by atoms with Crippen molar-refractivity contribution in [1.82, 2.24) is 0 Å². The van der Waals surface area contributed by atoms with Crippen molar-refractivity contribution in [1.29, 1.82) is 0 Å². The van der Waals surface area contributed by atoms with E-state index in [1.165, 1.54) is 24.8 Å². The first-order valence-electron chi connectivity index (χ1n) is 6.82. The van der Waals surface area contributed by atoms with Gasteiger partial charge in [-0.1, -0.05) is 44.5 Å². The van der Waals surface area contributed by atoms with Crippen LogP contribution in [0.25, 0.3) is 0 Å². The number of aliphatic hydroxyl groups is 1. The fourth-order valence-corrected chi connectivity index (χ4v) is 2.97. The first kappa shape index (κ1) is 12.6. The van der Waals surface area contributed by atoms with Crippen LogP contribution in [0.3, 0.4) is 0 Å². The van der Waals surface area contributed by atoms with Gasteiger partial charge in [-0.3, -0.25) is 0 Å². The van der Waals surface area contributed by atoms with Crippen LogP contribution in [0.2, 0.25) is 0 Å². The minimum atomic E-state index is -0.680. The maximum Gasteiger partial charge on any atom is 0.0873 e. The third kappa shape index (κ3) is 2.71. The summed E-state index contributed by atoms with van der Waals surface area (Å²) in [5, 5.41) is 10.7. The molecule has 1 saturated carbocycles. The molecule has 2 rings (SSSR count). The van der Waals surface area contributed by atoms with E-state index < -0.39 is 5.60 Å². The van der Waals surface area contributed by atoms with Crippen LogP contribution in [0.15, 0.2) is 24.3 Å². The van der Waals surface area contributed by atoms with E-state index in [1.54, 1.807) is 0 Å². The summed E-state index contributed by atoms with van der Waals surface area (Å²) in [6.07, 6.45) is 4.74. The number of hydrogen-bond acceptors (Lipinski definition) is 1. The smallest absolute Gasteiger partial charge is 0.0873 e. The number of rotatable bonds is 4. The second-order valence-corrected chi connectivity index (χ2v) is 6.09. The topological polar surface area (TPSA) is 20.2 Å². The summed E-state index contributed by atoms with van der Waals surface area (Å²) in [7, 11) is 0. The monoisotopic (exact) mass is 232 g/mol. The van der Waals surface area contributed by atoms with Crippen molar-refractivity contribution < 1.29 is 5.11 Å². The summed E-state index contributed by atoms with van der Waals surface area (Å²) in [4.78, 5) is 0. The lowest BCUT2D eigenvalue weighted by Gasteiger charge is -2.34. The molecule has 0 radical (unpaired) electrons. The van der Waals surface area contributed by atoms with Crippen molar-refractivity contribution in [2.45, 2.75) is 58.0 Å². The lowest BCUT2D eigenvalue weighted by Crippen LogP contribution is -2.26.